The SMILES string of the molecule is N#Cc1cccc(/C=C/C(=O)NC2CCC(CO)CC2)c1. The van der Waals surface area contributed by atoms with Crippen LogP contribution in [0.5, 0.6) is 0 Å². The highest BCUT2D eigenvalue weighted by Crippen LogP contribution is 2.23. The number of carbonyl (C=O) groups excluding carboxylic acids is 1. The second-order valence-electron chi connectivity index (χ2n) is 5.48. The molecule has 0 spiro atoms. The lowest BCUT2D eigenvalue weighted by Gasteiger charge is -2.27. The first-order valence-electron chi connectivity index (χ1n) is 7.31. The molecule has 0 radical (unpaired) electrons. The lowest BCUT2D eigenvalue weighted by atomic mass is 9.86. The summed E-state index contributed by atoms with van der Waals surface area (Å²) in [6.45, 7) is 0.246. The van der Waals surface area contributed by atoms with Gasteiger partial charge in [-0.05, 0) is 55.4 Å². The Morgan fingerprint density at radius 2 is 2.14 bits per heavy atom. The number of benzene rings is 1. The summed E-state index contributed by atoms with van der Waals surface area (Å²) < 4.78 is 0. The number of aliphatic hydroxyl groups excluding tert-OH is 1. The van der Waals surface area contributed by atoms with E-state index in [1.807, 2.05) is 6.07 Å². The minimum Gasteiger partial charge on any atom is -0.396 e. The summed E-state index contributed by atoms with van der Waals surface area (Å²) in [7, 11) is 0. The zero-order valence-electron chi connectivity index (χ0n) is 12.0. The molecule has 2 N–H and O–H groups in total. The van der Waals surface area contributed by atoms with Gasteiger partial charge in [-0.1, -0.05) is 12.1 Å². The van der Waals surface area contributed by atoms with Gasteiger partial charge in [-0.2, -0.15) is 5.26 Å². The third-order valence-electron chi connectivity index (χ3n) is 3.89. The fourth-order valence-corrected chi connectivity index (χ4v) is 2.62. The fourth-order valence-electron chi connectivity index (χ4n) is 2.62. The van der Waals surface area contributed by atoms with Gasteiger partial charge in [-0.3, -0.25) is 4.79 Å². The van der Waals surface area contributed by atoms with E-state index in [9.17, 15) is 4.79 Å². The van der Waals surface area contributed by atoms with E-state index in [0.717, 1.165) is 31.2 Å². The lowest BCUT2D eigenvalue weighted by molar-refractivity contribution is -0.117. The standard InChI is InChI=1S/C17H20N2O2/c18-11-15-3-1-2-13(10-15)6-9-17(21)19-16-7-4-14(12-20)5-8-16/h1-3,6,9-10,14,16,20H,4-5,7-8,12H2,(H,19,21)/b9-6+. The largest absolute Gasteiger partial charge is 0.396 e. The van der Waals surface area contributed by atoms with Gasteiger partial charge in [0.2, 0.25) is 5.91 Å². The molecule has 0 aliphatic heterocycles. The topological polar surface area (TPSA) is 73.1 Å². The lowest BCUT2D eigenvalue weighted by Crippen LogP contribution is -2.37. The molecule has 0 bridgehead atoms. The van der Waals surface area contributed by atoms with Crippen LogP contribution < -0.4 is 5.32 Å². The molecule has 0 atom stereocenters. The molecule has 110 valence electrons. The van der Waals surface area contributed by atoms with E-state index in [0.29, 0.717) is 11.5 Å². The molecule has 1 amide bonds. The number of rotatable bonds is 4. The Labute approximate surface area is 125 Å². The number of nitriles is 1. The van der Waals surface area contributed by atoms with Crippen LogP contribution in [0.15, 0.2) is 30.3 Å². The molecule has 4 heteroatoms. The van der Waals surface area contributed by atoms with Crippen LogP contribution in [-0.2, 0) is 4.79 Å². The molecule has 0 heterocycles. The number of hydrogen-bond donors (Lipinski definition) is 2. The summed E-state index contributed by atoms with van der Waals surface area (Å²) in [6.07, 6.45) is 7.01. The third-order valence-corrected chi connectivity index (χ3v) is 3.89. The summed E-state index contributed by atoms with van der Waals surface area (Å²) in [5.74, 6) is 0.284. The second kappa shape index (κ2) is 7.61. The van der Waals surface area contributed by atoms with Crippen molar-refractivity contribution in [1.82, 2.24) is 5.32 Å². The van der Waals surface area contributed by atoms with Crippen molar-refractivity contribution in [1.29, 1.82) is 5.26 Å². The second-order valence-corrected chi connectivity index (χ2v) is 5.48. The van der Waals surface area contributed by atoms with Crippen molar-refractivity contribution >= 4 is 12.0 Å². The summed E-state index contributed by atoms with van der Waals surface area (Å²) in [5.41, 5.74) is 1.42. The predicted octanol–water partition coefficient (Wildman–Crippen LogP) is 2.24. The van der Waals surface area contributed by atoms with Gasteiger partial charge < -0.3 is 10.4 Å². The van der Waals surface area contributed by atoms with Gasteiger partial charge in [0.1, 0.15) is 0 Å². The Balaban J connectivity index is 1.84. The van der Waals surface area contributed by atoms with Crippen LogP contribution in [0.4, 0.5) is 0 Å². The van der Waals surface area contributed by atoms with Gasteiger partial charge in [0.25, 0.3) is 0 Å². The maximum Gasteiger partial charge on any atom is 0.244 e. The Hall–Kier alpha value is -2.12. The number of hydrogen-bond acceptors (Lipinski definition) is 3. The molecule has 0 unspecified atom stereocenters. The third kappa shape index (κ3) is 4.73. The molecule has 2 rings (SSSR count). The smallest absolute Gasteiger partial charge is 0.244 e. The van der Waals surface area contributed by atoms with E-state index >= 15 is 0 Å². The molecule has 1 aromatic rings. The number of carbonyl (C=O) groups is 1. The quantitative estimate of drug-likeness (QED) is 0.833. The summed E-state index contributed by atoms with van der Waals surface area (Å²) in [4.78, 5) is 11.9. The Kier molecular flexibility index (Phi) is 5.53. The van der Waals surface area contributed by atoms with Crippen molar-refractivity contribution in [2.24, 2.45) is 5.92 Å². The Bertz CT molecular complexity index is 552. The van der Waals surface area contributed by atoms with E-state index < -0.39 is 0 Å². The number of nitrogens with one attached hydrogen (secondary N) is 1. The van der Waals surface area contributed by atoms with Crippen LogP contribution in [0.1, 0.15) is 36.8 Å². The normalized spacial score (nSPS) is 21.9. The number of amides is 1. The molecule has 1 aliphatic carbocycles. The molecule has 1 aromatic carbocycles. The van der Waals surface area contributed by atoms with E-state index in [-0.39, 0.29) is 18.6 Å². The molecule has 0 aromatic heterocycles. The first-order valence-corrected chi connectivity index (χ1v) is 7.31. The van der Waals surface area contributed by atoms with Crippen molar-refractivity contribution in [3.05, 3.63) is 41.5 Å². The van der Waals surface area contributed by atoms with E-state index in [1.165, 1.54) is 6.08 Å². The number of nitrogens with zero attached hydrogens (tertiary/aromatic N) is 1. The maximum atomic E-state index is 11.9. The summed E-state index contributed by atoms with van der Waals surface area (Å²) in [5, 5.41) is 20.9. The molecule has 21 heavy (non-hydrogen) atoms. The molecule has 1 aliphatic rings. The maximum absolute atomic E-state index is 11.9. The van der Waals surface area contributed by atoms with Gasteiger partial charge >= 0.3 is 0 Å². The highest BCUT2D eigenvalue weighted by atomic mass is 16.3. The average molecular weight is 284 g/mol. The Morgan fingerprint density at radius 1 is 1.38 bits per heavy atom. The first-order chi connectivity index (χ1) is 10.2. The van der Waals surface area contributed by atoms with Crippen LogP contribution in [0.2, 0.25) is 0 Å². The van der Waals surface area contributed by atoms with Gasteiger partial charge in [0.05, 0.1) is 11.6 Å². The summed E-state index contributed by atoms with van der Waals surface area (Å²) in [6, 6.07) is 9.42. The molecule has 4 nitrogen and oxygen atoms in total. The zero-order chi connectivity index (χ0) is 15.1. The van der Waals surface area contributed by atoms with Gasteiger partial charge in [-0.25, -0.2) is 0 Å². The van der Waals surface area contributed by atoms with Crippen LogP contribution in [-0.4, -0.2) is 23.7 Å². The van der Waals surface area contributed by atoms with Crippen LogP contribution >= 0.6 is 0 Å². The highest BCUT2D eigenvalue weighted by Gasteiger charge is 2.21. The van der Waals surface area contributed by atoms with E-state index in [2.05, 4.69) is 11.4 Å². The summed E-state index contributed by atoms with van der Waals surface area (Å²) >= 11 is 0. The van der Waals surface area contributed by atoms with Gasteiger partial charge in [0, 0.05) is 18.7 Å². The van der Waals surface area contributed by atoms with Crippen LogP contribution in [0.3, 0.4) is 0 Å². The van der Waals surface area contributed by atoms with Crippen molar-refractivity contribution in [2.75, 3.05) is 6.61 Å². The molecule has 1 fully saturated rings. The monoisotopic (exact) mass is 284 g/mol. The van der Waals surface area contributed by atoms with Crippen molar-refractivity contribution in [2.45, 2.75) is 31.7 Å². The molecular weight excluding hydrogens is 264 g/mol. The molecule has 1 saturated carbocycles. The van der Waals surface area contributed by atoms with Crippen molar-refractivity contribution < 1.29 is 9.90 Å². The minimum absolute atomic E-state index is 0.107. The van der Waals surface area contributed by atoms with E-state index in [4.69, 9.17) is 10.4 Å². The van der Waals surface area contributed by atoms with Crippen LogP contribution in [0.25, 0.3) is 6.08 Å². The fraction of sp³-hybridized carbons (Fsp3) is 0.412. The first kappa shape index (κ1) is 15.3. The van der Waals surface area contributed by atoms with Gasteiger partial charge in [-0.15, -0.1) is 0 Å². The van der Waals surface area contributed by atoms with E-state index in [1.54, 1.807) is 24.3 Å². The van der Waals surface area contributed by atoms with Crippen LogP contribution in [0, 0.1) is 17.2 Å². The van der Waals surface area contributed by atoms with Crippen molar-refractivity contribution in [3.63, 3.8) is 0 Å². The molecule has 0 saturated heterocycles. The average Bonchev–Trinajstić information content (AvgIpc) is 2.54. The Morgan fingerprint density at radius 3 is 2.81 bits per heavy atom. The minimum atomic E-state index is -0.107. The predicted molar refractivity (Wildman–Crippen MR) is 81.2 cm³/mol. The number of aliphatic hydroxyl groups is 1. The highest BCUT2D eigenvalue weighted by molar-refractivity contribution is 5.91. The van der Waals surface area contributed by atoms with Gasteiger partial charge in [0.15, 0.2) is 0 Å². The van der Waals surface area contributed by atoms with Crippen molar-refractivity contribution in [3.8, 4) is 6.07 Å². The zero-order valence-corrected chi connectivity index (χ0v) is 12.0. The molecular formula is C17H20N2O2.